The summed E-state index contributed by atoms with van der Waals surface area (Å²) in [7, 11) is 0. The van der Waals surface area contributed by atoms with Gasteiger partial charge in [-0.1, -0.05) is 18.2 Å². The number of amides is 1. The molecule has 0 heterocycles. The van der Waals surface area contributed by atoms with E-state index in [1.807, 2.05) is 31.2 Å². The molecule has 1 saturated carbocycles. The van der Waals surface area contributed by atoms with Crippen molar-refractivity contribution in [2.45, 2.75) is 32.6 Å². The third kappa shape index (κ3) is 3.34. The maximum Gasteiger partial charge on any atom is 0.306 e. The van der Waals surface area contributed by atoms with Crippen molar-refractivity contribution >= 4 is 17.6 Å². The number of carbonyl (C=O) groups excluding carboxylic acids is 1. The van der Waals surface area contributed by atoms with Crippen molar-refractivity contribution in [1.82, 2.24) is 0 Å². The van der Waals surface area contributed by atoms with E-state index in [-0.39, 0.29) is 17.7 Å². The largest absolute Gasteiger partial charge is 0.481 e. The number of carboxylic acids is 1. The van der Waals surface area contributed by atoms with Crippen molar-refractivity contribution in [3.05, 3.63) is 29.8 Å². The van der Waals surface area contributed by atoms with E-state index in [2.05, 4.69) is 5.32 Å². The lowest BCUT2D eigenvalue weighted by Gasteiger charge is -2.25. The molecule has 4 heteroatoms. The summed E-state index contributed by atoms with van der Waals surface area (Å²) in [4.78, 5) is 23.0. The first-order valence-electron chi connectivity index (χ1n) is 6.67. The minimum atomic E-state index is -0.738. The van der Waals surface area contributed by atoms with Crippen molar-refractivity contribution in [3.8, 4) is 0 Å². The first-order valence-corrected chi connectivity index (χ1v) is 6.67. The van der Waals surface area contributed by atoms with Crippen molar-refractivity contribution in [1.29, 1.82) is 0 Å². The Morgan fingerprint density at radius 1 is 1.11 bits per heavy atom. The molecule has 1 aromatic carbocycles. The van der Waals surface area contributed by atoms with Crippen LogP contribution in [0, 0.1) is 18.8 Å². The van der Waals surface area contributed by atoms with Gasteiger partial charge in [0, 0.05) is 11.6 Å². The fourth-order valence-corrected chi connectivity index (χ4v) is 2.55. The lowest BCUT2D eigenvalue weighted by molar-refractivity contribution is -0.143. The number of benzene rings is 1. The molecule has 1 aromatic rings. The molecule has 0 aromatic heterocycles. The summed E-state index contributed by atoms with van der Waals surface area (Å²) in [6, 6.07) is 7.67. The molecule has 0 saturated heterocycles. The van der Waals surface area contributed by atoms with Crippen LogP contribution in [0.3, 0.4) is 0 Å². The maximum absolute atomic E-state index is 12.1. The van der Waals surface area contributed by atoms with Crippen molar-refractivity contribution < 1.29 is 14.7 Å². The lowest BCUT2D eigenvalue weighted by atomic mass is 9.81. The number of rotatable bonds is 3. The van der Waals surface area contributed by atoms with E-state index in [0.717, 1.165) is 11.3 Å². The van der Waals surface area contributed by atoms with E-state index in [4.69, 9.17) is 5.11 Å². The van der Waals surface area contributed by atoms with Gasteiger partial charge in [0.2, 0.25) is 5.91 Å². The Kier molecular flexibility index (Phi) is 4.20. The molecule has 1 aliphatic rings. The summed E-state index contributed by atoms with van der Waals surface area (Å²) >= 11 is 0. The Balaban J connectivity index is 1.92. The van der Waals surface area contributed by atoms with Crippen LogP contribution < -0.4 is 5.32 Å². The van der Waals surface area contributed by atoms with E-state index >= 15 is 0 Å². The molecule has 19 heavy (non-hydrogen) atoms. The summed E-state index contributed by atoms with van der Waals surface area (Å²) in [6.45, 7) is 1.96. The number of hydrogen-bond donors (Lipinski definition) is 2. The minimum Gasteiger partial charge on any atom is -0.481 e. The molecule has 0 bridgehead atoms. The van der Waals surface area contributed by atoms with Gasteiger partial charge in [0.1, 0.15) is 0 Å². The van der Waals surface area contributed by atoms with Gasteiger partial charge in [0.05, 0.1) is 5.92 Å². The zero-order chi connectivity index (χ0) is 13.8. The topological polar surface area (TPSA) is 66.4 Å². The van der Waals surface area contributed by atoms with Crippen LogP contribution in [0.1, 0.15) is 31.2 Å². The number of anilines is 1. The van der Waals surface area contributed by atoms with Crippen LogP contribution in [-0.2, 0) is 9.59 Å². The van der Waals surface area contributed by atoms with Gasteiger partial charge in [0.25, 0.3) is 0 Å². The van der Waals surface area contributed by atoms with Crippen LogP contribution in [-0.4, -0.2) is 17.0 Å². The van der Waals surface area contributed by atoms with Gasteiger partial charge in [-0.2, -0.15) is 0 Å². The SMILES string of the molecule is Cc1ccccc1NC(=O)C1CCC(C(=O)O)CC1. The molecule has 1 aliphatic carbocycles. The Morgan fingerprint density at radius 2 is 1.68 bits per heavy atom. The van der Waals surface area contributed by atoms with Gasteiger partial charge in [-0.3, -0.25) is 9.59 Å². The number of nitrogens with one attached hydrogen (secondary N) is 1. The average Bonchev–Trinajstić information content (AvgIpc) is 2.41. The molecule has 0 radical (unpaired) electrons. The second kappa shape index (κ2) is 5.87. The van der Waals surface area contributed by atoms with Gasteiger partial charge >= 0.3 is 5.97 Å². The third-order valence-electron chi connectivity index (χ3n) is 3.85. The van der Waals surface area contributed by atoms with Crippen molar-refractivity contribution in [2.75, 3.05) is 5.32 Å². The monoisotopic (exact) mass is 261 g/mol. The molecular formula is C15H19NO3. The highest BCUT2D eigenvalue weighted by molar-refractivity contribution is 5.93. The van der Waals surface area contributed by atoms with E-state index in [1.165, 1.54) is 0 Å². The number of carbonyl (C=O) groups is 2. The summed E-state index contributed by atoms with van der Waals surface area (Å²) < 4.78 is 0. The van der Waals surface area contributed by atoms with Crippen LogP contribution in [0.25, 0.3) is 0 Å². The molecule has 0 aliphatic heterocycles. The number of aliphatic carboxylic acids is 1. The molecule has 1 fully saturated rings. The highest BCUT2D eigenvalue weighted by atomic mass is 16.4. The molecule has 0 unspecified atom stereocenters. The molecule has 0 atom stereocenters. The molecule has 1 amide bonds. The Labute approximate surface area is 112 Å². The quantitative estimate of drug-likeness (QED) is 0.879. The average molecular weight is 261 g/mol. The van der Waals surface area contributed by atoms with Crippen LogP contribution in [0.4, 0.5) is 5.69 Å². The summed E-state index contributed by atoms with van der Waals surface area (Å²) in [5.74, 6) is -1.06. The van der Waals surface area contributed by atoms with Crippen LogP contribution in [0.5, 0.6) is 0 Å². The molecule has 4 nitrogen and oxygen atoms in total. The zero-order valence-electron chi connectivity index (χ0n) is 11.1. The number of carboxylic acid groups (broad SMARTS) is 1. The number of aryl methyl sites for hydroxylation is 1. The van der Waals surface area contributed by atoms with Crippen molar-refractivity contribution in [3.63, 3.8) is 0 Å². The van der Waals surface area contributed by atoms with E-state index in [0.29, 0.717) is 25.7 Å². The fraction of sp³-hybridized carbons (Fsp3) is 0.467. The van der Waals surface area contributed by atoms with Gasteiger partial charge in [-0.05, 0) is 44.2 Å². The van der Waals surface area contributed by atoms with Crippen LogP contribution in [0.2, 0.25) is 0 Å². The zero-order valence-corrected chi connectivity index (χ0v) is 11.1. The van der Waals surface area contributed by atoms with E-state index < -0.39 is 5.97 Å². The Hall–Kier alpha value is -1.84. The van der Waals surface area contributed by atoms with Gasteiger partial charge < -0.3 is 10.4 Å². The van der Waals surface area contributed by atoms with Gasteiger partial charge in [-0.15, -0.1) is 0 Å². The summed E-state index contributed by atoms with van der Waals surface area (Å²) in [6.07, 6.45) is 2.52. The second-order valence-electron chi connectivity index (χ2n) is 5.19. The Morgan fingerprint density at radius 3 is 2.26 bits per heavy atom. The predicted molar refractivity (Wildman–Crippen MR) is 72.9 cm³/mol. The first-order chi connectivity index (χ1) is 9.08. The Bertz CT molecular complexity index is 476. The number of hydrogen-bond acceptors (Lipinski definition) is 2. The maximum atomic E-state index is 12.1. The van der Waals surface area contributed by atoms with E-state index in [1.54, 1.807) is 0 Å². The molecule has 102 valence electrons. The van der Waals surface area contributed by atoms with Crippen molar-refractivity contribution in [2.24, 2.45) is 11.8 Å². The van der Waals surface area contributed by atoms with E-state index in [9.17, 15) is 9.59 Å². The third-order valence-corrected chi connectivity index (χ3v) is 3.85. The van der Waals surface area contributed by atoms with Crippen LogP contribution in [0.15, 0.2) is 24.3 Å². The van der Waals surface area contributed by atoms with Crippen LogP contribution >= 0.6 is 0 Å². The highest BCUT2D eigenvalue weighted by Crippen LogP contribution is 2.30. The molecule has 2 N–H and O–H groups in total. The lowest BCUT2D eigenvalue weighted by Crippen LogP contribution is -2.29. The summed E-state index contributed by atoms with van der Waals surface area (Å²) in [5, 5.41) is 11.9. The standard InChI is InChI=1S/C15H19NO3/c1-10-4-2-3-5-13(10)16-14(17)11-6-8-12(9-7-11)15(18)19/h2-5,11-12H,6-9H2,1H3,(H,16,17)(H,18,19). The van der Waals surface area contributed by atoms with Gasteiger partial charge in [0.15, 0.2) is 0 Å². The first kappa shape index (κ1) is 13.6. The summed E-state index contributed by atoms with van der Waals surface area (Å²) in [5.41, 5.74) is 1.88. The normalized spacial score (nSPS) is 22.8. The molecule has 0 spiro atoms. The smallest absolute Gasteiger partial charge is 0.306 e. The second-order valence-corrected chi connectivity index (χ2v) is 5.19. The predicted octanol–water partition coefficient (Wildman–Crippen LogP) is 2.82. The fourth-order valence-electron chi connectivity index (χ4n) is 2.55. The number of para-hydroxylation sites is 1. The molecular weight excluding hydrogens is 242 g/mol. The van der Waals surface area contributed by atoms with Gasteiger partial charge in [-0.25, -0.2) is 0 Å². The highest BCUT2D eigenvalue weighted by Gasteiger charge is 2.29. The minimum absolute atomic E-state index is 0.0122. The molecule has 2 rings (SSSR count).